The number of ether oxygens (including phenoxy) is 1. The highest BCUT2D eigenvalue weighted by Gasteiger charge is 2.18. The van der Waals surface area contributed by atoms with Crippen molar-refractivity contribution in [2.45, 2.75) is 32.6 Å². The first-order valence-electron chi connectivity index (χ1n) is 11.0. The third kappa shape index (κ3) is 5.55. The number of aryl methyl sites for hydroxylation is 1. The summed E-state index contributed by atoms with van der Waals surface area (Å²) in [6, 6.07) is 9.13. The number of fused-ring (bicyclic) bond motifs is 1. The molecule has 0 saturated carbocycles. The summed E-state index contributed by atoms with van der Waals surface area (Å²) in [5, 5.41) is 14.9. The Bertz CT molecular complexity index is 1370. The Labute approximate surface area is 201 Å². The lowest BCUT2D eigenvalue weighted by molar-refractivity contribution is -0.137. The molecule has 10 heteroatoms. The minimum atomic E-state index is -0.885. The molecule has 0 spiro atoms. The SMILES string of the molecule is COc1c(CC(=O)Nc2ccc(C(C)CC(=O)O)nc2)ccc2nc(Nc3cnccc3C)oc12. The largest absolute Gasteiger partial charge is 0.492 e. The predicted octanol–water partition coefficient (Wildman–Crippen LogP) is 4.44. The fourth-order valence-electron chi connectivity index (χ4n) is 3.65. The van der Waals surface area contributed by atoms with Crippen LogP contribution in [0.5, 0.6) is 5.75 Å². The quantitative estimate of drug-likeness (QED) is 0.320. The highest BCUT2D eigenvalue weighted by molar-refractivity contribution is 5.94. The van der Waals surface area contributed by atoms with Gasteiger partial charge in [-0.15, -0.1) is 0 Å². The number of anilines is 3. The van der Waals surface area contributed by atoms with Crippen LogP contribution >= 0.6 is 0 Å². The maximum absolute atomic E-state index is 12.7. The van der Waals surface area contributed by atoms with Gasteiger partial charge in [-0.2, -0.15) is 4.98 Å². The van der Waals surface area contributed by atoms with Crippen LogP contribution in [0.2, 0.25) is 0 Å². The Hall–Kier alpha value is -4.47. The fraction of sp³-hybridized carbons (Fsp3) is 0.240. The monoisotopic (exact) mass is 475 g/mol. The predicted molar refractivity (Wildman–Crippen MR) is 130 cm³/mol. The maximum atomic E-state index is 12.7. The van der Waals surface area contributed by atoms with Crippen molar-refractivity contribution in [3.63, 3.8) is 0 Å². The number of pyridine rings is 2. The zero-order chi connectivity index (χ0) is 24.9. The minimum absolute atomic E-state index is 0.0122. The number of nitrogens with one attached hydrogen (secondary N) is 2. The number of rotatable bonds is 9. The molecule has 0 aliphatic rings. The smallest absolute Gasteiger partial charge is 0.304 e. The van der Waals surface area contributed by atoms with Crippen LogP contribution in [0.1, 0.15) is 36.1 Å². The summed E-state index contributed by atoms with van der Waals surface area (Å²) in [7, 11) is 1.51. The molecule has 1 aromatic carbocycles. The lowest BCUT2D eigenvalue weighted by atomic mass is 10.0. The van der Waals surface area contributed by atoms with E-state index < -0.39 is 5.97 Å². The zero-order valence-electron chi connectivity index (χ0n) is 19.5. The van der Waals surface area contributed by atoms with Gasteiger partial charge in [-0.1, -0.05) is 13.0 Å². The summed E-state index contributed by atoms with van der Waals surface area (Å²) >= 11 is 0. The van der Waals surface area contributed by atoms with E-state index in [4.69, 9.17) is 14.3 Å². The van der Waals surface area contributed by atoms with Crippen LogP contribution in [-0.2, 0) is 16.0 Å². The van der Waals surface area contributed by atoms with Crippen molar-refractivity contribution >= 4 is 40.4 Å². The zero-order valence-corrected chi connectivity index (χ0v) is 19.5. The molecule has 0 aliphatic carbocycles. The number of amides is 1. The topological polar surface area (TPSA) is 139 Å². The number of aromatic nitrogens is 3. The van der Waals surface area contributed by atoms with Gasteiger partial charge in [0.05, 0.1) is 43.7 Å². The summed E-state index contributed by atoms with van der Waals surface area (Å²) in [4.78, 5) is 36.4. The van der Waals surface area contributed by atoms with Crippen LogP contribution in [-0.4, -0.2) is 39.0 Å². The lowest BCUT2D eigenvalue weighted by Crippen LogP contribution is -2.15. The third-order valence-electron chi connectivity index (χ3n) is 5.49. The molecule has 180 valence electrons. The highest BCUT2D eigenvalue weighted by atomic mass is 16.5. The van der Waals surface area contributed by atoms with Crippen molar-refractivity contribution in [3.8, 4) is 5.75 Å². The number of benzene rings is 1. The molecule has 3 N–H and O–H groups in total. The summed E-state index contributed by atoms with van der Waals surface area (Å²) in [6.07, 6.45) is 4.94. The molecule has 0 saturated heterocycles. The second kappa shape index (κ2) is 10.2. The van der Waals surface area contributed by atoms with Crippen LogP contribution in [0.3, 0.4) is 0 Å². The average Bonchev–Trinajstić information content (AvgIpc) is 3.23. The van der Waals surface area contributed by atoms with Crippen LogP contribution in [0, 0.1) is 6.92 Å². The molecule has 10 nitrogen and oxygen atoms in total. The maximum Gasteiger partial charge on any atom is 0.304 e. The Morgan fingerprint density at radius 3 is 2.69 bits per heavy atom. The van der Waals surface area contributed by atoms with Gasteiger partial charge in [0.1, 0.15) is 5.52 Å². The molecule has 4 rings (SSSR count). The molecule has 1 amide bonds. The number of carboxylic acids is 1. The normalized spacial score (nSPS) is 11.7. The van der Waals surface area contributed by atoms with Crippen LogP contribution in [0.25, 0.3) is 11.1 Å². The summed E-state index contributed by atoms with van der Waals surface area (Å²) in [6.45, 7) is 3.74. The minimum Gasteiger partial charge on any atom is -0.492 e. The fourth-order valence-corrected chi connectivity index (χ4v) is 3.65. The van der Waals surface area contributed by atoms with E-state index in [-0.39, 0.29) is 24.7 Å². The Balaban J connectivity index is 1.48. The number of nitrogens with zero attached hydrogens (tertiary/aromatic N) is 3. The molecule has 1 unspecified atom stereocenters. The molecule has 4 aromatic rings. The van der Waals surface area contributed by atoms with Gasteiger partial charge in [-0.05, 0) is 36.8 Å². The molecule has 0 radical (unpaired) electrons. The molecular formula is C25H25N5O5. The molecule has 3 aromatic heterocycles. The van der Waals surface area contributed by atoms with E-state index in [1.54, 1.807) is 43.6 Å². The van der Waals surface area contributed by atoms with E-state index in [0.717, 1.165) is 11.3 Å². The van der Waals surface area contributed by atoms with Gasteiger partial charge < -0.3 is 24.9 Å². The Morgan fingerprint density at radius 1 is 1.17 bits per heavy atom. The summed E-state index contributed by atoms with van der Waals surface area (Å²) in [5.74, 6) is -0.947. The van der Waals surface area contributed by atoms with Gasteiger partial charge >= 0.3 is 5.97 Å². The summed E-state index contributed by atoms with van der Waals surface area (Å²) in [5.41, 5.74) is 4.58. The first-order valence-corrected chi connectivity index (χ1v) is 11.0. The van der Waals surface area contributed by atoms with Crippen LogP contribution in [0.4, 0.5) is 17.4 Å². The Morgan fingerprint density at radius 2 is 2.00 bits per heavy atom. The summed E-state index contributed by atoms with van der Waals surface area (Å²) < 4.78 is 11.5. The highest BCUT2D eigenvalue weighted by Crippen LogP contribution is 2.33. The van der Waals surface area contributed by atoms with E-state index >= 15 is 0 Å². The molecule has 0 bridgehead atoms. The molecule has 0 fully saturated rings. The van der Waals surface area contributed by atoms with E-state index in [9.17, 15) is 9.59 Å². The van der Waals surface area contributed by atoms with Crippen molar-refractivity contribution < 1.29 is 23.8 Å². The van der Waals surface area contributed by atoms with E-state index in [1.165, 1.54) is 13.3 Å². The van der Waals surface area contributed by atoms with Crippen LogP contribution in [0.15, 0.2) is 53.3 Å². The van der Waals surface area contributed by atoms with Gasteiger partial charge in [0.15, 0.2) is 11.3 Å². The number of carbonyl (C=O) groups excluding carboxylic acids is 1. The van der Waals surface area contributed by atoms with Crippen molar-refractivity contribution in [2.24, 2.45) is 0 Å². The lowest BCUT2D eigenvalue weighted by Gasteiger charge is -2.11. The number of oxazole rings is 1. The molecule has 3 heterocycles. The van der Waals surface area contributed by atoms with Crippen molar-refractivity contribution in [1.29, 1.82) is 0 Å². The first-order chi connectivity index (χ1) is 16.8. The molecule has 35 heavy (non-hydrogen) atoms. The van der Waals surface area contributed by atoms with Crippen molar-refractivity contribution in [1.82, 2.24) is 15.0 Å². The van der Waals surface area contributed by atoms with Crippen molar-refractivity contribution in [2.75, 3.05) is 17.7 Å². The van der Waals surface area contributed by atoms with Crippen molar-refractivity contribution in [3.05, 3.63) is 65.7 Å². The Kier molecular flexibility index (Phi) is 6.91. The molecule has 0 aliphatic heterocycles. The van der Waals surface area contributed by atoms with Gasteiger partial charge in [0.25, 0.3) is 6.01 Å². The number of methoxy groups -OCH3 is 1. The van der Waals surface area contributed by atoms with E-state index in [2.05, 4.69) is 25.6 Å². The van der Waals surface area contributed by atoms with Gasteiger partial charge in [0.2, 0.25) is 5.91 Å². The van der Waals surface area contributed by atoms with Gasteiger partial charge in [-0.25, -0.2) is 0 Å². The number of carbonyl (C=O) groups is 2. The van der Waals surface area contributed by atoms with E-state index in [0.29, 0.717) is 39.8 Å². The number of hydrogen-bond acceptors (Lipinski definition) is 8. The molecular weight excluding hydrogens is 450 g/mol. The standard InChI is InChI=1S/C25H25N5O5/c1-14-8-9-26-13-20(14)30-25-29-19-6-4-16(23(34-3)24(19)35-25)11-21(31)28-17-5-7-18(27-12-17)15(2)10-22(32)33/h4-9,12-13,15H,10-11H2,1-3H3,(H,28,31)(H,29,30)(H,32,33). The number of hydrogen-bond donors (Lipinski definition) is 3. The van der Waals surface area contributed by atoms with Gasteiger partial charge in [0, 0.05) is 23.4 Å². The second-order valence-corrected chi connectivity index (χ2v) is 8.14. The van der Waals surface area contributed by atoms with Gasteiger partial charge in [-0.3, -0.25) is 19.6 Å². The second-order valence-electron chi connectivity index (χ2n) is 8.14. The number of aliphatic carboxylic acids is 1. The molecule has 1 atom stereocenters. The van der Waals surface area contributed by atoms with Crippen LogP contribution < -0.4 is 15.4 Å². The average molecular weight is 476 g/mol. The van der Waals surface area contributed by atoms with E-state index in [1.807, 2.05) is 13.0 Å². The first kappa shape index (κ1) is 23.7. The number of carboxylic acid groups (broad SMARTS) is 1. The third-order valence-corrected chi connectivity index (χ3v) is 5.49.